The Morgan fingerprint density at radius 3 is 2.53 bits per heavy atom. The van der Waals surface area contributed by atoms with Crippen molar-refractivity contribution in [3.63, 3.8) is 0 Å². The second-order valence-electron chi connectivity index (χ2n) is 4.84. The molecule has 2 N–H and O–H groups in total. The van der Waals surface area contributed by atoms with Gasteiger partial charge < -0.3 is 20.3 Å². The molecule has 0 fully saturated rings. The molecule has 106 valence electrons. The molecule has 0 atom stereocenters. The van der Waals surface area contributed by atoms with E-state index < -0.39 is 0 Å². The summed E-state index contributed by atoms with van der Waals surface area (Å²) >= 11 is 0. The maximum Gasteiger partial charge on any atom is 0.253 e. The number of carbonyl (C=O) groups is 1. The van der Waals surface area contributed by atoms with Crippen LogP contribution in [0.25, 0.3) is 0 Å². The molecule has 0 saturated heterocycles. The molecule has 1 aromatic carbocycles. The molecule has 0 unspecified atom stereocenters. The van der Waals surface area contributed by atoms with E-state index in [4.69, 9.17) is 10.5 Å². The van der Waals surface area contributed by atoms with E-state index >= 15 is 0 Å². The maximum atomic E-state index is 12.2. The summed E-state index contributed by atoms with van der Waals surface area (Å²) in [5, 5.41) is 0. The van der Waals surface area contributed by atoms with Gasteiger partial charge in [-0.05, 0) is 45.3 Å². The molecule has 0 bridgehead atoms. The van der Waals surface area contributed by atoms with Crippen molar-refractivity contribution in [3.05, 3.63) is 23.8 Å². The van der Waals surface area contributed by atoms with E-state index in [9.17, 15) is 4.79 Å². The molecule has 1 aromatic rings. The highest BCUT2D eigenvalue weighted by Gasteiger charge is 2.13. The summed E-state index contributed by atoms with van der Waals surface area (Å²) in [7, 11) is 7.39. The van der Waals surface area contributed by atoms with E-state index in [1.165, 1.54) is 0 Å². The largest absolute Gasteiger partial charge is 0.495 e. The molecule has 1 rings (SSSR count). The van der Waals surface area contributed by atoms with Crippen LogP contribution in [-0.4, -0.2) is 57.0 Å². The number of hydrogen-bond acceptors (Lipinski definition) is 4. The Labute approximate surface area is 114 Å². The quantitative estimate of drug-likeness (QED) is 0.788. The fourth-order valence-electron chi connectivity index (χ4n) is 1.79. The molecule has 0 heterocycles. The van der Waals surface area contributed by atoms with E-state index in [0.717, 1.165) is 19.5 Å². The van der Waals surface area contributed by atoms with Crippen molar-refractivity contribution in [3.8, 4) is 5.75 Å². The average molecular weight is 265 g/mol. The van der Waals surface area contributed by atoms with Crippen LogP contribution in [0.2, 0.25) is 0 Å². The third-order valence-electron chi connectivity index (χ3n) is 2.93. The van der Waals surface area contributed by atoms with Gasteiger partial charge in [0.1, 0.15) is 5.75 Å². The highest BCUT2D eigenvalue weighted by atomic mass is 16.5. The second kappa shape index (κ2) is 6.99. The van der Waals surface area contributed by atoms with Crippen molar-refractivity contribution >= 4 is 11.6 Å². The lowest BCUT2D eigenvalue weighted by Crippen LogP contribution is -2.29. The fourth-order valence-corrected chi connectivity index (χ4v) is 1.79. The Morgan fingerprint density at radius 2 is 1.95 bits per heavy atom. The van der Waals surface area contributed by atoms with Gasteiger partial charge in [-0.15, -0.1) is 0 Å². The number of nitrogens with two attached hydrogens (primary N) is 1. The van der Waals surface area contributed by atoms with Gasteiger partial charge in [0.25, 0.3) is 5.91 Å². The van der Waals surface area contributed by atoms with Crippen molar-refractivity contribution in [1.29, 1.82) is 0 Å². The van der Waals surface area contributed by atoms with Crippen LogP contribution in [-0.2, 0) is 0 Å². The van der Waals surface area contributed by atoms with Gasteiger partial charge in [-0.25, -0.2) is 0 Å². The highest BCUT2D eigenvalue weighted by Crippen LogP contribution is 2.22. The predicted octanol–water partition coefficient (Wildman–Crippen LogP) is 1.30. The fraction of sp³-hybridized carbons (Fsp3) is 0.500. The summed E-state index contributed by atoms with van der Waals surface area (Å²) in [4.78, 5) is 16.0. The van der Waals surface area contributed by atoms with Gasteiger partial charge in [0.2, 0.25) is 0 Å². The molecule has 19 heavy (non-hydrogen) atoms. The van der Waals surface area contributed by atoms with Gasteiger partial charge in [-0.1, -0.05) is 0 Å². The van der Waals surface area contributed by atoms with Gasteiger partial charge in [0, 0.05) is 19.2 Å². The molecule has 0 aliphatic heterocycles. The first kappa shape index (κ1) is 15.3. The summed E-state index contributed by atoms with van der Waals surface area (Å²) < 4.78 is 5.13. The summed E-state index contributed by atoms with van der Waals surface area (Å²) in [6.45, 7) is 1.69. The minimum atomic E-state index is -0.0166. The monoisotopic (exact) mass is 265 g/mol. The van der Waals surface area contributed by atoms with Crippen LogP contribution in [0.15, 0.2) is 18.2 Å². The SMILES string of the molecule is COc1cc(C(=O)N(C)CCCN(C)C)ccc1N. The van der Waals surface area contributed by atoms with Gasteiger partial charge in [0.05, 0.1) is 12.8 Å². The first-order valence-electron chi connectivity index (χ1n) is 6.29. The third-order valence-corrected chi connectivity index (χ3v) is 2.93. The lowest BCUT2D eigenvalue weighted by molar-refractivity contribution is 0.0790. The molecular weight excluding hydrogens is 242 g/mol. The number of hydrogen-bond donors (Lipinski definition) is 1. The van der Waals surface area contributed by atoms with E-state index in [1.54, 1.807) is 37.3 Å². The van der Waals surface area contributed by atoms with Crippen molar-refractivity contribution in [1.82, 2.24) is 9.80 Å². The van der Waals surface area contributed by atoms with Crippen LogP contribution in [0.3, 0.4) is 0 Å². The number of rotatable bonds is 6. The zero-order valence-corrected chi connectivity index (χ0v) is 12.1. The topological polar surface area (TPSA) is 58.8 Å². The minimum absolute atomic E-state index is 0.0166. The number of amides is 1. The van der Waals surface area contributed by atoms with Crippen LogP contribution in [0.4, 0.5) is 5.69 Å². The summed E-state index contributed by atoms with van der Waals surface area (Å²) in [6.07, 6.45) is 0.946. The third kappa shape index (κ3) is 4.44. The van der Waals surface area contributed by atoms with Gasteiger partial charge >= 0.3 is 0 Å². The van der Waals surface area contributed by atoms with Crippen LogP contribution in [0.5, 0.6) is 5.75 Å². The molecule has 5 nitrogen and oxygen atoms in total. The van der Waals surface area contributed by atoms with Gasteiger partial charge in [0.15, 0.2) is 0 Å². The standard InChI is InChI=1S/C14H23N3O2/c1-16(2)8-5-9-17(3)14(18)11-6-7-12(15)13(10-11)19-4/h6-7,10H,5,8-9,15H2,1-4H3. The molecule has 0 radical (unpaired) electrons. The van der Waals surface area contributed by atoms with Gasteiger partial charge in [-0.2, -0.15) is 0 Å². The molecule has 5 heteroatoms. The van der Waals surface area contributed by atoms with Gasteiger partial charge in [-0.3, -0.25) is 4.79 Å². The van der Waals surface area contributed by atoms with Crippen LogP contribution < -0.4 is 10.5 Å². The summed E-state index contributed by atoms with van der Waals surface area (Å²) in [6, 6.07) is 5.10. The molecular formula is C14H23N3O2. The van der Waals surface area contributed by atoms with E-state index in [1.807, 2.05) is 14.1 Å². The van der Waals surface area contributed by atoms with Crippen molar-refractivity contribution in [2.75, 3.05) is 47.1 Å². The number of nitrogens with zero attached hydrogens (tertiary/aromatic N) is 2. The number of ether oxygens (including phenoxy) is 1. The van der Waals surface area contributed by atoms with Crippen molar-refractivity contribution in [2.24, 2.45) is 0 Å². The van der Waals surface area contributed by atoms with E-state index in [-0.39, 0.29) is 5.91 Å². The number of nitrogen functional groups attached to an aromatic ring is 1. The van der Waals surface area contributed by atoms with E-state index in [2.05, 4.69) is 4.90 Å². The lowest BCUT2D eigenvalue weighted by atomic mass is 10.1. The Morgan fingerprint density at radius 1 is 1.26 bits per heavy atom. The average Bonchev–Trinajstić information content (AvgIpc) is 2.38. The minimum Gasteiger partial charge on any atom is -0.495 e. The van der Waals surface area contributed by atoms with Crippen LogP contribution in [0, 0.1) is 0 Å². The molecule has 0 saturated carbocycles. The predicted molar refractivity (Wildman–Crippen MR) is 77.5 cm³/mol. The zero-order chi connectivity index (χ0) is 14.4. The first-order chi connectivity index (χ1) is 8.95. The molecule has 1 amide bonds. The highest BCUT2D eigenvalue weighted by molar-refractivity contribution is 5.95. The molecule has 0 spiro atoms. The number of anilines is 1. The summed E-state index contributed by atoms with van der Waals surface area (Å²) in [5.74, 6) is 0.518. The summed E-state index contributed by atoms with van der Waals surface area (Å²) in [5.41, 5.74) is 6.87. The Bertz CT molecular complexity index is 433. The van der Waals surface area contributed by atoms with Crippen LogP contribution in [0.1, 0.15) is 16.8 Å². The molecule has 0 aliphatic carbocycles. The number of benzene rings is 1. The Hall–Kier alpha value is -1.75. The Balaban J connectivity index is 2.66. The van der Waals surface area contributed by atoms with Crippen LogP contribution >= 0.6 is 0 Å². The number of carbonyl (C=O) groups excluding carboxylic acids is 1. The van der Waals surface area contributed by atoms with E-state index in [0.29, 0.717) is 17.0 Å². The smallest absolute Gasteiger partial charge is 0.253 e. The maximum absolute atomic E-state index is 12.2. The first-order valence-corrected chi connectivity index (χ1v) is 6.29. The lowest BCUT2D eigenvalue weighted by Gasteiger charge is -2.19. The normalized spacial score (nSPS) is 10.6. The Kier molecular flexibility index (Phi) is 5.63. The second-order valence-corrected chi connectivity index (χ2v) is 4.84. The molecule has 0 aromatic heterocycles. The zero-order valence-electron chi connectivity index (χ0n) is 12.1. The van der Waals surface area contributed by atoms with Crippen molar-refractivity contribution < 1.29 is 9.53 Å². The molecule has 0 aliphatic rings. The van der Waals surface area contributed by atoms with Crippen molar-refractivity contribution in [2.45, 2.75) is 6.42 Å². The number of methoxy groups -OCH3 is 1.